The molecule has 1 aromatic carbocycles. The summed E-state index contributed by atoms with van der Waals surface area (Å²) in [5, 5.41) is 10.2. The largest absolute Gasteiger partial charge is 0.495 e. The summed E-state index contributed by atoms with van der Waals surface area (Å²) in [5.74, 6) is 0.915. The summed E-state index contributed by atoms with van der Waals surface area (Å²) in [4.78, 5) is 4.64. The van der Waals surface area contributed by atoms with Crippen LogP contribution >= 0.6 is 0 Å². The van der Waals surface area contributed by atoms with Crippen LogP contribution in [0.5, 0.6) is 5.75 Å². The molecule has 3 rings (SSSR count). The van der Waals surface area contributed by atoms with E-state index in [1.165, 1.54) is 0 Å². The number of piperazine rings is 1. The molecule has 1 N–H and O–H groups in total. The molecule has 6 nitrogen and oxygen atoms in total. The molecule has 0 saturated carbocycles. The first kappa shape index (κ1) is 18.5. The topological polar surface area (TPSA) is 54.4 Å². The summed E-state index contributed by atoms with van der Waals surface area (Å²) in [5.41, 5.74) is 1.14. The van der Waals surface area contributed by atoms with Crippen LogP contribution in [0.1, 0.15) is 12.8 Å². The Hall–Kier alpha value is -1.34. The Bertz CT molecular complexity index is 514. The van der Waals surface area contributed by atoms with Crippen LogP contribution < -0.4 is 9.64 Å². The van der Waals surface area contributed by atoms with Gasteiger partial charge in [0.25, 0.3) is 0 Å². The fourth-order valence-electron chi connectivity index (χ4n) is 3.52. The number of methoxy groups -OCH3 is 1. The summed E-state index contributed by atoms with van der Waals surface area (Å²) in [6.07, 6.45) is 1.96. The predicted molar refractivity (Wildman–Crippen MR) is 97.4 cm³/mol. The summed E-state index contributed by atoms with van der Waals surface area (Å²) in [6.45, 7) is 6.21. The third kappa shape index (κ3) is 5.31. The van der Waals surface area contributed by atoms with Gasteiger partial charge in [0, 0.05) is 39.3 Å². The van der Waals surface area contributed by atoms with E-state index in [1.54, 1.807) is 7.11 Å². The zero-order chi connectivity index (χ0) is 17.5. The van der Waals surface area contributed by atoms with Crippen molar-refractivity contribution in [2.45, 2.75) is 25.0 Å². The predicted octanol–water partition coefficient (Wildman–Crippen LogP) is 1.37. The number of ether oxygens (including phenoxy) is 3. The molecule has 25 heavy (non-hydrogen) atoms. The molecular formula is C19H30N2O4. The van der Waals surface area contributed by atoms with Crippen molar-refractivity contribution in [3.8, 4) is 5.75 Å². The molecule has 2 heterocycles. The molecule has 0 radical (unpaired) electrons. The number of hydrogen-bond donors (Lipinski definition) is 1. The Labute approximate surface area is 150 Å². The zero-order valence-corrected chi connectivity index (χ0v) is 15.1. The van der Waals surface area contributed by atoms with E-state index in [-0.39, 0.29) is 6.10 Å². The van der Waals surface area contributed by atoms with Crippen molar-refractivity contribution < 1.29 is 19.3 Å². The number of anilines is 1. The van der Waals surface area contributed by atoms with Crippen molar-refractivity contribution in [2.24, 2.45) is 0 Å². The van der Waals surface area contributed by atoms with E-state index in [0.717, 1.165) is 57.1 Å². The molecule has 0 spiro atoms. The monoisotopic (exact) mass is 350 g/mol. The van der Waals surface area contributed by atoms with Crippen LogP contribution in [-0.4, -0.2) is 81.9 Å². The van der Waals surface area contributed by atoms with E-state index in [0.29, 0.717) is 19.8 Å². The van der Waals surface area contributed by atoms with Crippen LogP contribution in [0.3, 0.4) is 0 Å². The zero-order valence-electron chi connectivity index (χ0n) is 15.1. The standard InChI is InChI=1S/C19H30N2O4/c1-23-19-7-3-2-6-18(19)21-10-8-20(9-11-21)13-16(22)14-24-15-17-5-4-12-25-17/h2-3,6-7,16-17,22H,4-5,8-15H2,1H3. The molecule has 1 aromatic rings. The summed E-state index contributed by atoms with van der Waals surface area (Å²) in [6, 6.07) is 8.13. The van der Waals surface area contributed by atoms with Gasteiger partial charge in [-0.3, -0.25) is 4.90 Å². The van der Waals surface area contributed by atoms with E-state index < -0.39 is 6.10 Å². The molecule has 0 aliphatic carbocycles. The number of benzene rings is 1. The number of aliphatic hydroxyl groups is 1. The molecule has 2 saturated heterocycles. The SMILES string of the molecule is COc1ccccc1N1CCN(CC(O)COCC2CCCO2)CC1. The van der Waals surface area contributed by atoms with Gasteiger partial charge in [-0.15, -0.1) is 0 Å². The van der Waals surface area contributed by atoms with Gasteiger partial charge in [0.1, 0.15) is 5.75 Å². The smallest absolute Gasteiger partial charge is 0.142 e. The van der Waals surface area contributed by atoms with Crippen LogP contribution in [0.4, 0.5) is 5.69 Å². The highest BCUT2D eigenvalue weighted by Gasteiger charge is 2.22. The molecule has 2 aliphatic heterocycles. The third-order valence-corrected chi connectivity index (χ3v) is 4.91. The van der Waals surface area contributed by atoms with E-state index >= 15 is 0 Å². The first-order valence-electron chi connectivity index (χ1n) is 9.24. The molecule has 2 unspecified atom stereocenters. The normalized spacial score (nSPS) is 23.0. The van der Waals surface area contributed by atoms with E-state index in [1.807, 2.05) is 18.2 Å². The van der Waals surface area contributed by atoms with Crippen LogP contribution in [0.2, 0.25) is 0 Å². The van der Waals surface area contributed by atoms with Crippen LogP contribution in [0, 0.1) is 0 Å². The van der Waals surface area contributed by atoms with Crippen molar-refractivity contribution >= 4 is 5.69 Å². The van der Waals surface area contributed by atoms with Gasteiger partial charge in [-0.25, -0.2) is 0 Å². The number of hydrogen-bond acceptors (Lipinski definition) is 6. The number of aliphatic hydroxyl groups excluding tert-OH is 1. The lowest BCUT2D eigenvalue weighted by atomic mass is 10.2. The fraction of sp³-hybridized carbons (Fsp3) is 0.684. The van der Waals surface area contributed by atoms with Gasteiger partial charge in [0.2, 0.25) is 0 Å². The van der Waals surface area contributed by atoms with Crippen molar-refractivity contribution in [1.82, 2.24) is 4.90 Å². The minimum Gasteiger partial charge on any atom is -0.495 e. The summed E-state index contributed by atoms with van der Waals surface area (Å²) >= 11 is 0. The first-order valence-corrected chi connectivity index (χ1v) is 9.24. The van der Waals surface area contributed by atoms with Gasteiger partial charge in [-0.1, -0.05) is 12.1 Å². The second-order valence-electron chi connectivity index (χ2n) is 6.79. The molecule has 140 valence electrons. The molecule has 2 aliphatic rings. The molecule has 0 amide bonds. The number of β-amino-alcohol motifs (C(OH)–C–C–N with tert-alkyl or cyclic N) is 1. The number of rotatable bonds is 8. The van der Waals surface area contributed by atoms with Gasteiger partial charge in [0.05, 0.1) is 38.2 Å². The molecule has 6 heteroatoms. The Balaban J connectivity index is 1.37. The molecule has 2 fully saturated rings. The van der Waals surface area contributed by atoms with Crippen molar-refractivity contribution in [3.05, 3.63) is 24.3 Å². The first-order chi connectivity index (χ1) is 12.3. The highest BCUT2D eigenvalue weighted by Crippen LogP contribution is 2.28. The second-order valence-corrected chi connectivity index (χ2v) is 6.79. The minimum atomic E-state index is -0.445. The van der Waals surface area contributed by atoms with Gasteiger partial charge >= 0.3 is 0 Å². The lowest BCUT2D eigenvalue weighted by molar-refractivity contribution is -0.0254. The minimum absolute atomic E-state index is 0.219. The summed E-state index contributed by atoms with van der Waals surface area (Å²) in [7, 11) is 1.71. The average Bonchev–Trinajstić information content (AvgIpc) is 3.16. The van der Waals surface area contributed by atoms with Crippen molar-refractivity contribution in [3.63, 3.8) is 0 Å². The highest BCUT2D eigenvalue weighted by molar-refractivity contribution is 5.58. The Morgan fingerprint density at radius 2 is 2.04 bits per heavy atom. The Morgan fingerprint density at radius 3 is 2.76 bits per heavy atom. The van der Waals surface area contributed by atoms with Gasteiger partial charge in [-0.2, -0.15) is 0 Å². The van der Waals surface area contributed by atoms with Gasteiger partial charge in [-0.05, 0) is 25.0 Å². The maximum Gasteiger partial charge on any atom is 0.142 e. The van der Waals surface area contributed by atoms with E-state index in [2.05, 4.69) is 15.9 Å². The number of nitrogens with zero attached hydrogens (tertiary/aromatic N) is 2. The molecule has 2 atom stereocenters. The van der Waals surface area contributed by atoms with Crippen LogP contribution in [0.25, 0.3) is 0 Å². The maximum atomic E-state index is 10.2. The molecule has 0 bridgehead atoms. The molecular weight excluding hydrogens is 320 g/mol. The summed E-state index contributed by atoms with van der Waals surface area (Å²) < 4.78 is 16.6. The van der Waals surface area contributed by atoms with Gasteiger partial charge < -0.3 is 24.2 Å². The van der Waals surface area contributed by atoms with Crippen molar-refractivity contribution in [2.75, 3.05) is 64.6 Å². The van der Waals surface area contributed by atoms with Crippen molar-refractivity contribution in [1.29, 1.82) is 0 Å². The Kier molecular flexibility index (Phi) is 6.93. The fourth-order valence-corrected chi connectivity index (χ4v) is 3.52. The lowest BCUT2D eigenvalue weighted by Crippen LogP contribution is -2.49. The van der Waals surface area contributed by atoms with Crippen LogP contribution in [0.15, 0.2) is 24.3 Å². The van der Waals surface area contributed by atoms with Crippen LogP contribution in [-0.2, 0) is 9.47 Å². The van der Waals surface area contributed by atoms with Gasteiger partial charge in [0.15, 0.2) is 0 Å². The lowest BCUT2D eigenvalue weighted by Gasteiger charge is -2.37. The average molecular weight is 350 g/mol. The van der Waals surface area contributed by atoms with E-state index in [4.69, 9.17) is 14.2 Å². The third-order valence-electron chi connectivity index (χ3n) is 4.91. The highest BCUT2D eigenvalue weighted by atomic mass is 16.5. The van der Waals surface area contributed by atoms with E-state index in [9.17, 15) is 5.11 Å². The second kappa shape index (κ2) is 9.38. The quantitative estimate of drug-likeness (QED) is 0.764. The maximum absolute atomic E-state index is 10.2. The number of para-hydroxylation sites is 2. The Morgan fingerprint density at radius 1 is 1.24 bits per heavy atom. The molecule has 0 aromatic heterocycles.